The number of hydroxylamine groups is 3. The van der Waals surface area contributed by atoms with Crippen molar-refractivity contribution in [3.63, 3.8) is 0 Å². The van der Waals surface area contributed by atoms with Gasteiger partial charge in [0.15, 0.2) is 0 Å². The Kier molecular flexibility index (Phi) is 4.15. The summed E-state index contributed by atoms with van der Waals surface area (Å²) >= 11 is 5.98. The zero-order chi connectivity index (χ0) is 14.9. The molecule has 0 amide bonds. The number of hydrogen-bond acceptors (Lipinski definition) is 3. The van der Waals surface area contributed by atoms with Crippen LogP contribution in [0.4, 0.5) is 0 Å². The predicted octanol–water partition coefficient (Wildman–Crippen LogP) is 2.78. The van der Waals surface area contributed by atoms with Gasteiger partial charge in [0, 0.05) is 17.7 Å². The van der Waals surface area contributed by atoms with Crippen molar-refractivity contribution in [3.05, 3.63) is 63.5 Å². The van der Waals surface area contributed by atoms with Crippen LogP contribution in [0.25, 0.3) is 0 Å². The van der Waals surface area contributed by atoms with Gasteiger partial charge in [0.25, 0.3) is 15.3 Å². The van der Waals surface area contributed by atoms with E-state index in [0.717, 1.165) is 16.7 Å². The maximum Gasteiger partial charge on any atom is 0.277 e. The average molecular weight is 312 g/mol. The van der Waals surface area contributed by atoms with Gasteiger partial charge in [-0.3, -0.25) is 4.65 Å². The summed E-state index contributed by atoms with van der Waals surface area (Å²) in [6.45, 7) is 3.75. The second kappa shape index (κ2) is 5.54. The molecule has 0 saturated heterocycles. The van der Waals surface area contributed by atoms with Gasteiger partial charge in [-0.25, -0.2) is 0 Å². The van der Waals surface area contributed by atoms with Crippen LogP contribution in [0.15, 0.2) is 41.6 Å². The van der Waals surface area contributed by atoms with E-state index in [9.17, 15) is 13.6 Å². The molecular weight excluding hydrogens is 298 g/mol. The highest BCUT2D eigenvalue weighted by Crippen LogP contribution is 2.29. The summed E-state index contributed by atoms with van der Waals surface area (Å²) in [7, 11) is -2.61. The quantitative estimate of drug-likeness (QED) is 0.365. The lowest BCUT2D eigenvalue weighted by Crippen LogP contribution is -2.45. The molecule has 0 saturated carbocycles. The highest BCUT2D eigenvalue weighted by molar-refractivity contribution is 7.72. The molecule has 1 atom stereocenters. The third kappa shape index (κ3) is 2.71. The lowest BCUT2D eigenvalue weighted by atomic mass is 10.0. The molecule has 0 N–H and O–H groups in total. The molecule has 4 nitrogen and oxygen atoms in total. The van der Waals surface area contributed by atoms with Gasteiger partial charge in [-0.1, -0.05) is 23.8 Å². The molecule has 1 heterocycles. The van der Waals surface area contributed by atoms with E-state index in [1.54, 1.807) is 0 Å². The molecule has 1 unspecified atom stereocenters. The van der Waals surface area contributed by atoms with E-state index in [4.69, 9.17) is 11.6 Å². The largest absolute Gasteiger partial charge is 0.620 e. The van der Waals surface area contributed by atoms with Crippen LogP contribution in [-0.2, 0) is 16.8 Å². The first-order chi connectivity index (χ1) is 9.34. The van der Waals surface area contributed by atoms with Crippen molar-refractivity contribution >= 4 is 26.9 Å². The molecular formula is C14H14ClNO3S. The molecule has 1 aliphatic heterocycles. The van der Waals surface area contributed by atoms with Gasteiger partial charge in [-0.05, 0) is 37.1 Å². The van der Waals surface area contributed by atoms with Gasteiger partial charge in [0.2, 0.25) is 5.16 Å². The normalized spacial score (nSPS) is 21.8. The highest BCUT2D eigenvalue weighted by atomic mass is 35.5. The minimum absolute atomic E-state index is 0.0451. The Labute approximate surface area is 124 Å². The molecule has 6 heteroatoms. The van der Waals surface area contributed by atoms with Crippen LogP contribution < -0.4 is 0 Å². The van der Waals surface area contributed by atoms with Gasteiger partial charge in [-0.15, -0.1) is 0 Å². The second-order valence-corrected chi connectivity index (χ2v) is 6.02. The van der Waals surface area contributed by atoms with Crippen molar-refractivity contribution in [1.29, 1.82) is 0 Å². The molecule has 2 rings (SSSR count). The molecule has 106 valence electrons. The van der Waals surface area contributed by atoms with Crippen LogP contribution >= 0.6 is 11.6 Å². The van der Waals surface area contributed by atoms with Crippen molar-refractivity contribution in [3.8, 4) is 0 Å². The zero-order valence-electron chi connectivity index (χ0n) is 11.1. The van der Waals surface area contributed by atoms with Crippen LogP contribution in [0.3, 0.4) is 0 Å². The van der Waals surface area contributed by atoms with E-state index in [-0.39, 0.29) is 16.7 Å². The van der Waals surface area contributed by atoms with Crippen molar-refractivity contribution in [2.45, 2.75) is 20.4 Å². The average Bonchev–Trinajstić information content (AvgIpc) is 2.37. The molecule has 0 spiro atoms. The Balaban J connectivity index is 2.54. The fourth-order valence-corrected chi connectivity index (χ4v) is 2.96. The first-order valence-electron chi connectivity index (χ1n) is 6.01. The molecule has 0 fully saturated rings. The van der Waals surface area contributed by atoms with E-state index >= 15 is 0 Å². The van der Waals surface area contributed by atoms with Crippen LogP contribution in [0.5, 0.6) is 0 Å². The van der Waals surface area contributed by atoms with Gasteiger partial charge in [-0.2, -0.15) is 8.42 Å². The third-order valence-corrected chi connectivity index (χ3v) is 4.41. The van der Waals surface area contributed by atoms with Crippen molar-refractivity contribution in [1.82, 2.24) is 0 Å². The maximum atomic E-state index is 12.9. The Hall–Kier alpha value is -1.40. The summed E-state index contributed by atoms with van der Waals surface area (Å²) in [4.78, 5) is -0.279. The van der Waals surface area contributed by atoms with Gasteiger partial charge in [0.1, 0.15) is 6.54 Å². The third-order valence-electron chi connectivity index (χ3n) is 3.24. The fraction of sp³-hybridized carbons (Fsp3) is 0.214. The van der Waals surface area contributed by atoms with E-state index in [1.165, 1.54) is 18.2 Å². The SMILES string of the molecule is Cc1ccc(C)c(C[N+]2([O-])C(Cl)=CC=CC2=S(=O)=O)c1. The topological polar surface area (TPSA) is 57.2 Å². The summed E-state index contributed by atoms with van der Waals surface area (Å²) in [5.41, 5.74) is 2.72. The molecule has 0 aromatic heterocycles. The van der Waals surface area contributed by atoms with E-state index < -0.39 is 14.9 Å². The van der Waals surface area contributed by atoms with Gasteiger partial charge >= 0.3 is 0 Å². The number of rotatable bonds is 2. The van der Waals surface area contributed by atoms with Crippen molar-refractivity contribution in [2.75, 3.05) is 0 Å². The number of benzene rings is 1. The number of hydrogen-bond donors (Lipinski definition) is 0. The summed E-state index contributed by atoms with van der Waals surface area (Å²) in [5.74, 6) is 0. The van der Waals surface area contributed by atoms with Crippen LogP contribution in [0.1, 0.15) is 16.7 Å². The monoisotopic (exact) mass is 311 g/mol. The number of quaternary nitrogens is 1. The van der Waals surface area contributed by atoms with Crippen LogP contribution in [0.2, 0.25) is 0 Å². The first-order valence-corrected chi connectivity index (χ1v) is 7.46. The lowest BCUT2D eigenvalue weighted by molar-refractivity contribution is -0.751. The highest BCUT2D eigenvalue weighted by Gasteiger charge is 2.32. The molecule has 20 heavy (non-hydrogen) atoms. The van der Waals surface area contributed by atoms with E-state index in [0.29, 0.717) is 0 Å². The smallest absolute Gasteiger partial charge is 0.277 e. The van der Waals surface area contributed by atoms with Crippen LogP contribution in [0, 0.1) is 19.1 Å². The second-order valence-electron chi connectivity index (χ2n) is 4.75. The minimum Gasteiger partial charge on any atom is -0.620 e. The number of aryl methyl sites for hydroxylation is 2. The van der Waals surface area contributed by atoms with Gasteiger partial charge < -0.3 is 5.21 Å². The van der Waals surface area contributed by atoms with Gasteiger partial charge in [0.05, 0.1) is 0 Å². The molecule has 0 aliphatic carbocycles. The summed E-state index contributed by atoms with van der Waals surface area (Å²) < 4.78 is 21.4. The fourth-order valence-electron chi connectivity index (χ4n) is 2.10. The van der Waals surface area contributed by atoms with Crippen LogP contribution in [-0.4, -0.2) is 18.1 Å². The molecule has 1 aromatic rings. The first kappa shape index (κ1) is 15.0. The van der Waals surface area contributed by atoms with Crippen molar-refractivity contribution in [2.24, 2.45) is 0 Å². The summed E-state index contributed by atoms with van der Waals surface area (Å²) in [6, 6.07) is 5.72. The van der Waals surface area contributed by atoms with E-state index in [2.05, 4.69) is 0 Å². The molecule has 1 aliphatic rings. The Morgan fingerprint density at radius 3 is 2.65 bits per heavy atom. The predicted molar refractivity (Wildman–Crippen MR) is 80.3 cm³/mol. The Morgan fingerprint density at radius 1 is 1.30 bits per heavy atom. The number of halogens is 1. The number of allylic oxidation sites excluding steroid dienone is 2. The Bertz CT molecular complexity index is 742. The maximum absolute atomic E-state index is 12.9. The summed E-state index contributed by atoms with van der Waals surface area (Å²) in [6.07, 6.45) is 4.17. The van der Waals surface area contributed by atoms with Crippen molar-refractivity contribution < 1.29 is 13.1 Å². The Morgan fingerprint density at radius 2 is 2.00 bits per heavy atom. The lowest BCUT2D eigenvalue weighted by Gasteiger charge is -2.40. The molecule has 0 radical (unpaired) electrons. The van der Waals surface area contributed by atoms with E-state index in [1.807, 2.05) is 32.0 Å². The number of nitrogens with zero attached hydrogens (tertiary/aromatic N) is 1. The minimum atomic E-state index is -2.61. The zero-order valence-corrected chi connectivity index (χ0v) is 12.7. The molecule has 1 aromatic carbocycles. The standard InChI is InChI=1S/C14H14ClNO3S/c1-10-6-7-11(2)12(8-10)9-16(17)13(15)4-3-5-14(16)20(18)19/h3-8H,9H2,1-2H3. The molecule has 0 bridgehead atoms. The summed E-state index contributed by atoms with van der Waals surface area (Å²) in [5, 5.41) is 12.9.